The van der Waals surface area contributed by atoms with Crippen LogP contribution in [0.15, 0.2) is 18.5 Å². The predicted molar refractivity (Wildman–Crippen MR) is 58.5 cm³/mol. The molecule has 1 heterocycles. The van der Waals surface area contributed by atoms with E-state index in [1.807, 2.05) is 5.32 Å². The topological polar surface area (TPSA) is 75.1 Å². The molecule has 104 valence electrons. The zero-order valence-corrected chi connectivity index (χ0v) is 9.49. The Labute approximate surface area is 108 Å². The van der Waals surface area contributed by atoms with E-state index in [-0.39, 0.29) is 11.9 Å². The number of nitrogens with one attached hydrogen (secondary N) is 1. The van der Waals surface area contributed by atoms with E-state index in [1.54, 1.807) is 0 Å². The second kappa shape index (κ2) is 5.11. The molecule has 2 aromatic rings. The first kappa shape index (κ1) is 13.7. The molecule has 0 atom stereocenters. The number of carboxylic acid groups (broad SMARTS) is 1. The van der Waals surface area contributed by atoms with E-state index in [0.29, 0.717) is 0 Å². The first-order valence-corrected chi connectivity index (χ1v) is 5.05. The molecule has 0 aliphatic heterocycles. The standard InChI is InChI=1S/C11H5F4N3O2/c12-4-1-5(13)9(15)10(8(4)14)18-7-3-16-6(2-17-7)11(19)20/h1-3H,(H,17,18)(H,19,20). The lowest BCUT2D eigenvalue weighted by Gasteiger charge is -2.08. The van der Waals surface area contributed by atoms with Crippen LogP contribution in [0.25, 0.3) is 0 Å². The molecule has 0 radical (unpaired) electrons. The van der Waals surface area contributed by atoms with Crippen LogP contribution < -0.4 is 5.32 Å². The number of carbonyl (C=O) groups is 1. The summed E-state index contributed by atoms with van der Waals surface area (Å²) in [7, 11) is 0. The normalized spacial score (nSPS) is 10.4. The highest BCUT2D eigenvalue weighted by atomic mass is 19.2. The second-order valence-electron chi connectivity index (χ2n) is 3.56. The number of benzene rings is 1. The van der Waals surface area contributed by atoms with Crippen LogP contribution in [-0.2, 0) is 0 Å². The van der Waals surface area contributed by atoms with Gasteiger partial charge in [0.1, 0.15) is 11.5 Å². The van der Waals surface area contributed by atoms with E-state index >= 15 is 0 Å². The third-order valence-corrected chi connectivity index (χ3v) is 2.24. The van der Waals surface area contributed by atoms with Crippen LogP contribution in [-0.4, -0.2) is 21.0 Å². The second-order valence-corrected chi connectivity index (χ2v) is 3.56. The molecule has 0 aliphatic carbocycles. The number of aromatic carboxylic acids is 1. The molecule has 20 heavy (non-hydrogen) atoms. The first-order chi connectivity index (χ1) is 9.40. The Hall–Kier alpha value is -2.71. The zero-order chi connectivity index (χ0) is 14.9. The van der Waals surface area contributed by atoms with Crippen molar-refractivity contribution in [1.29, 1.82) is 0 Å². The van der Waals surface area contributed by atoms with Gasteiger partial charge in [0.25, 0.3) is 0 Å². The minimum atomic E-state index is -1.63. The van der Waals surface area contributed by atoms with Crippen molar-refractivity contribution in [2.24, 2.45) is 0 Å². The molecule has 0 bridgehead atoms. The van der Waals surface area contributed by atoms with Crippen molar-refractivity contribution < 1.29 is 27.5 Å². The fourth-order valence-corrected chi connectivity index (χ4v) is 1.31. The fraction of sp³-hybridized carbons (Fsp3) is 0. The van der Waals surface area contributed by atoms with Crippen molar-refractivity contribution in [3.05, 3.63) is 47.4 Å². The maximum Gasteiger partial charge on any atom is 0.356 e. The van der Waals surface area contributed by atoms with Gasteiger partial charge in [0, 0.05) is 6.07 Å². The van der Waals surface area contributed by atoms with Crippen LogP contribution in [0.1, 0.15) is 10.5 Å². The van der Waals surface area contributed by atoms with Crippen LogP contribution in [0.4, 0.5) is 29.1 Å². The third-order valence-electron chi connectivity index (χ3n) is 2.24. The van der Waals surface area contributed by atoms with Crippen LogP contribution in [0.3, 0.4) is 0 Å². The van der Waals surface area contributed by atoms with Crippen molar-refractivity contribution in [2.75, 3.05) is 5.32 Å². The van der Waals surface area contributed by atoms with Crippen molar-refractivity contribution in [2.45, 2.75) is 0 Å². The molecule has 0 amide bonds. The summed E-state index contributed by atoms with van der Waals surface area (Å²) in [4.78, 5) is 17.5. The lowest BCUT2D eigenvalue weighted by Crippen LogP contribution is -2.06. The summed E-state index contributed by atoms with van der Waals surface area (Å²) in [5, 5.41) is 10.6. The van der Waals surface area contributed by atoms with Gasteiger partial charge in [-0.3, -0.25) is 0 Å². The third kappa shape index (κ3) is 2.51. The molecule has 2 N–H and O–H groups in total. The number of halogens is 4. The number of hydrogen-bond acceptors (Lipinski definition) is 4. The average Bonchev–Trinajstić information content (AvgIpc) is 2.42. The van der Waals surface area contributed by atoms with E-state index in [4.69, 9.17) is 5.11 Å². The van der Waals surface area contributed by atoms with Crippen molar-refractivity contribution in [3.8, 4) is 0 Å². The smallest absolute Gasteiger partial charge is 0.356 e. The van der Waals surface area contributed by atoms with E-state index in [0.717, 1.165) is 12.4 Å². The zero-order valence-electron chi connectivity index (χ0n) is 9.49. The monoisotopic (exact) mass is 287 g/mol. The molecule has 1 aromatic carbocycles. The van der Waals surface area contributed by atoms with Gasteiger partial charge in [0.05, 0.1) is 12.4 Å². The Balaban J connectivity index is 2.37. The van der Waals surface area contributed by atoms with Crippen LogP contribution in [0.5, 0.6) is 0 Å². The van der Waals surface area contributed by atoms with Gasteiger partial charge in [-0.25, -0.2) is 32.3 Å². The molecule has 0 spiro atoms. The van der Waals surface area contributed by atoms with E-state index in [1.165, 1.54) is 0 Å². The molecule has 5 nitrogen and oxygen atoms in total. The van der Waals surface area contributed by atoms with Crippen LogP contribution >= 0.6 is 0 Å². The van der Waals surface area contributed by atoms with Gasteiger partial charge in [-0.2, -0.15) is 0 Å². The molecule has 0 unspecified atom stereocenters. The first-order valence-electron chi connectivity index (χ1n) is 5.05. The van der Waals surface area contributed by atoms with Gasteiger partial charge >= 0.3 is 5.97 Å². The number of hydrogen-bond donors (Lipinski definition) is 2. The molecule has 0 saturated carbocycles. The van der Waals surface area contributed by atoms with E-state index < -0.39 is 40.6 Å². The SMILES string of the molecule is O=C(O)c1cnc(Nc2c(F)c(F)cc(F)c2F)cn1. The number of carboxylic acids is 1. The van der Waals surface area contributed by atoms with Gasteiger partial charge < -0.3 is 10.4 Å². The fourth-order valence-electron chi connectivity index (χ4n) is 1.31. The van der Waals surface area contributed by atoms with E-state index in [9.17, 15) is 22.4 Å². The number of anilines is 2. The summed E-state index contributed by atoms with van der Waals surface area (Å²) in [6, 6.07) is 0.0645. The number of aromatic nitrogens is 2. The molecule has 0 fully saturated rings. The molecule has 1 aromatic heterocycles. The summed E-state index contributed by atoms with van der Waals surface area (Å²) in [6.07, 6.45) is 1.67. The summed E-state index contributed by atoms with van der Waals surface area (Å²) < 4.78 is 52.6. The maximum absolute atomic E-state index is 13.3. The Morgan fingerprint density at radius 3 is 2.10 bits per heavy atom. The quantitative estimate of drug-likeness (QED) is 0.670. The molecule has 2 rings (SSSR count). The van der Waals surface area contributed by atoms with Crippen molar-refractivity contribution in [1.82, 2.24) is 9.97 Å². The average molecular weight is 287 g/mol. The van der Waals surface area contributed by atoms with Crippen LogP contribution in [0.2, 0.25) is 0 Å². The Morgan fingerprint density at radius 2 is 1.65 bits per heavy atom. The molecule has 9 heteroatoms. The highest BCUT2D eigenvalue weighted by Crippen LogP contribution is 2.26. The summed E-state index contributed by atoms with van der Waals surface area (Å²) in [5.41, 5.74) is -1.48. The van der Waals surface area contributed by atoms with Crippen LogP contribution in [0, 0.1) is 23.3 Å². The van der Waals surface area contributed by atoms with Gasteiger partial charge in [-0.1, -0.05) is 0 Å². The Kier molecular flexibility index (Phi) is 3.51. The highest BCUT2D eigenvalue weighted by Gasteiger charge is 2.19. The van der Waals surface area contributed by atoms with Crippen molar-refractivity contribution in [3.63, 3.8) is 0 Å². The predicted octanol–water partition coefficient (Wildman–Crippen LogP) is 2.47. The largest absolute Gasteiger partial charge is 0.476 e. The van der Waals surface area contributed by atoms with Gasteiger partial charge in [0.15, 0.2) is 29.0 Å². The van der Waals surface area contributed by atoms with Gasteiger partial charge in [-0.05, 0) is 0 Å². The Bertz CT molecular complexity index is 650. The Morgan fingerprint density at radius 1 is 1.05 bits per heavy atom. The number of rotatable bonds is 3. The molecular formula is C11H5F4N3O2. The molecular weight excluding hydrogens is 282 g/mol. The van der Waals surface area contributed by atoms with Crippen molar-refractivity contribution >= 4 is 17.5 Å². The molecule has 0 saturated heterocycles. The van der Waals surface area contributed by atoms with E-state index in [2.05, 4.69) is 9.97 Å². The molecule has 0 aliphatic rings. The van der Waals surface area contributed by atoms with Gasteiger partial charge in [-0.15, -0.1) is 0 Å². The minimum absolute atomic E-state index is 0.0645. The lowest BCUT2D eigenvalue weighted by molar-refractivity contribution is 0.0690. The summed E-state index contributed by atoms with van der Waals surface area (Å²) in [5.74, 6) is -8.06. The lowest BCUT2D eigenvalue weighted by atomic mass is 10.2. The maximum atomic E-state index is 13.3. The summed E-state index contributed by atoms with van der Waals surface area (Å²) >= 11 is 0. The highest BCUT2D eigenvalue weighted by molar-refractivity contribution is 5.85. The minimum Gasteiger partial charge on any atom is -0.476 e. The number of nitrogens with zero attached hydrogens (tertiary/aromatic N) is 2. The van der Waals surface area contributed by atoms with Gasteiger partial charge in [0.2, 0.25) is 0 Å². The summed E-state index contributed by atoms with van der Waals surface area (Å²) in [6.45, 7) is 0.